The maximum Gasteiger partial charge on any atom is 0.220 e. The molecular formula is C26H25FN4O3S. The Morgan fingerprint density at radius 1 is 1.03 bits per heavy atom. The summed E-state index contributed by atoms with van der Waals surface area (Å²) in [5.74, 6) is 0.846. The average Bonchev–Trinajstić information content (AvgIpc) is 3.19. The van der Waals surface area contributed by atoms with Crippen LogP contribution in [0.5, 0.6) is 5.75 Å². The molecule has 0 aliphatic heterocycles. The molecule has 1 atom stereocenters. The van der Waals surface area contributed by atoms with E-state index in [0.717, 1.165) is 11.3 Å². The van der Waals surface area contributed by atoms with E-state index in [-0.39, 0.29) is 23.9 Å². The van der Waals surface area contributed by atoms with Crippen LogP contribution in [0.1, 0.15) is 33.3 Å². The number of benzene rings is 3. The lowest BCUT2D eigenvalue weighted by Crippen LogP contribution is -2.12. The van der Waals surface area contributed by atoms with Crippen LogP contribution in [0.15, 0.2) is 71.9 Å². The Kier molecular flexibility index (Phi) is 7.45. The van der Waals surface area contributed by atoms with Gasteiger partial charge < -0.3 is 4.74 Å². The molecule has 1 aromatic heterocycles. The highest BCUT2D eigenvalue weighted by Gasteiger charge is 2.26. The van der Waals surface area contributed by atoms with E-state index in [0.29, 0.717) is 27.9 Å². The minimum absolute atomic E-state index is 0.141. The van der Waals surface area contributed by atoms with Crippen LogP contribution in [0.4, 0.5) is 4.39 Å². The minimum atomic E-state index is -0.581. The number of hydrogen-bond acceptors (Lipinski definition) is 6. The van der Waals surface area contributed by atoms with Crippen molar-refractivity contribution in [1.29, 1.82) is 0 Å². The van der Waals surface area contributed by atoms with Gasteiger partial charge in [-0.15, -0.1) is 10.2 Å². The van der Waals surface area contributed by atoms with E-state index in [1.807, 2.05) is 55.7 Å². The topological polar surface area (TPSA) is 83.1 Å². The largest absolute Gasteiger partial charge is 0.489 e. The van der Waals surface area contributed by atoms with E-state index in [4.69, 9.17) is 4.74 Å². The smallest absolute Gasteiger partial charge is 0.220 e. The minimum Gasteiger partial charge on any atom is -0.489 e. The molecule has 4 rings (SSSR count). The maximum absolute atomic E-state index is 13.6. The van der Waals surface area contributed by atoms with Gasteiger partial charge in [0.25, 0.3) is 0 Å². The van der Waals surface area contributed by atoms with E-state index in [1.165, 1.54) is 29.5 Å². The van der Waals surface area contributed by atoms with Crippen molar-refractivity contribution in [1.82, 2.24) is 14.8 Å². The number of rotatable bonds is 9. The molecule has 4 aromatic rings. The first-order chi connectivity index (χ1) is 16.8. The zero-order chi connectivity index (χ0) is 24.9. The number of nitrogens with zero attached hydrogens (tertiary/aromatic N) is 4. The molecule has 7 nitrogen and oxygen atoms in total. The Balaban J connectivity index is 1.66. The molecule has 0 saturated carbocycles. The first-order valence-corrected chi connectivity index (χ1v) is 11.9. The molecule has 0 fully saturated rings. The van der Waals surface area contributed by atoms with Crippen LogP contribution >= 0.6 is 11.8 Å². The van der Waals surface area contributed by atoms with Gasteiger partial charge in [0, 0.05) is 16.2 Å². The van der Waals surface area contributed by atoms with Gasteiger partial charge in [-0.25, -0.2) is 4.39 Å². The standard InChI is InChI=1S/C26H25FN4O3S/c1-17-11-12-22(13-18(17)2)31-19(3)28-29-26(31)35-25(15-30(32)33)23-9-4-5-10-24(23)34-16-20-7-6-8-21(27)14-20/h4-14,25H,15-16H2,1-3H3/t25-/m0/s1. The SMILES string of the molecule is Cc1ccc(-n2c(C)nnc2S[C@@H](C[N+](=O)[O-])c2ccccc2OCc2cccc(F)c2)cc1C. The third-order valence-corrected chi connectivity index (χ3v) is 6.82. The second-order valence-corrected chi connectivity index (χ2v) is 9.38. The summed E-state index contributed by atoms with van der Waals surface area (Å²) in [5.41, 5.74) is 4.53. The lowest BCUT2D eigenvalue weighted by molar-refractivity contribution is -0.479. The van der Waals surface area contributed by atoms with Gasteiger partial charge in [-0.1, -0.05) is 48.2 Å². The average molecular weight is 493 g/mol. The molecule has 180 valence electrons. The Labute approximate surface area is 207 Å². The molecule has 9 heteroatoms. The third-order valence-electron chi connectivity index (χ3n) is 5.66. The summed E-state index contributed by atoms with van der Waals surface area (Å²) in [5, 5.41) is 20.1. The van der Waals surface area contributed by atoms with Crippen LogP contribution in [0.25, 0.3) is 5.69 Å². The highest BCUT2D eigenvalue weighted by molar-refractivity contribution is 7.99. The fourth-order valence-corrected chi connectivity index (χ4v) is 4.91. The predicted octanol–water partition coefficient (Wildman–Crippen LogP) is 6.02. The summed E-state index contributed by atoms with van der Waals surface area (Å²) < 4.78 is 21.4. The lowest BCUT2D eigenvalue weighted by Gasteiger charge is -2.18. The van der Waals surface area contributed by atoms with Gasteiger partial charge in [0.05, 0.1) is 0 Å². The van der Waals surface area contributed by atoms with Crippen molar-refractivity contribution in [2.24, 2.45) is 0 Å². The summed E-state index contributed by atoms with van der Waals surface area (Å²) in [6.45, 7) is 5.74. The zero-order valence-corrected chi connectivity index (χ0v) is 20.5. The molecule has 0 aliphatic carbocycles. The highest BCUT2D eigenvalue weighted by atomic mass is 32.2. The molecule has 35 heavy (non-hydrogen) atoms. The van der Waals surface area contributed by atoms with Gasteiger partial charge in [0.15, 0.2) is 5.16 Å². The highest BCUT2D eigenvalue weighted by Crippen LogP contribution is 2.40. The number of aryl methyl sites for hydroxylation is 3. The van der Waals surface area contributed by atoms with Gasteiger partial charge >= 0.3 is 0 Å². The predicted molar refractivity (Wildman–Crippen MR) is 133 cm³/mol. The van der Waals surface area contributed by atoms with E-state index in [2.05, 4.69) is 10.2 Å². The lowest BCUT2D eigenvalue weighted by atomic mass is 10.1. The van der Waals surface area contributed by atoms with Gasteiger partial charge in [0.2, 0.25) is 6.54 Å². The molecule has 1 heterocycles. The Morgan fingerprint density at radius 3 is 2.57 bits per heavy atom. The molecule has 0 saturated heterocycles. The van der Waals surface area contributed by atoms with E-state index in [9.17, 15) is 14.5 Å². The summed E-state index contributed by atoms with van der Waals surface area (Å²) in [6.07, 6.45) is 0. The molecule has 0 radical (unpaired) electrons. The van der Waals surface area contributed by atoms with E-state index >= 15 is 0 Å². The summed E-state index contributed by atoms with van der Waals surface area (Å²) >= 11 is 1.27. The number of hydrogen-bond donors (Lipinski definition) is 0. The summed E-state index contributed by atoms with van der Waals surface area (Å²) in [6, 6.07) is 19.4. The molecule has 0 amide bonds. The number of ether oxygens (including phenoxy) is 1. The quantitative estimate of drug-likeness (QED) is 0.161. The summed E-state index contributed by atoms with van der Waals surface area (Å²) in [7, 11) is 0. The Bertz CT molecular complexity index is 1360. The van der Waals surface area contributed by atoms with Crippen LogP contribution in [0.2, 0.25) is 0 Å². The monoisotopic (exact) mass is 492 g/mol. The fraction of sp³-hybridized carbons (Fsp3) is 0.231. The van der Waals surface area contributed by atoms with E-state index in [1.54, 1.807) is 24.3 Å². The Hall–Kier alpha value is -3.72. The van der Waals surface area contributed by atoms with Crippen molar-refractivity contribution in [3.63, 3.8) is 0 Å². The molecular weight excluding hydrogens is 467 g/mol. The van der Waals surface area contributed by atoms with Crippen molar-refractivity contribution in [3.8, 4) is 11.4 Å². The van der Waals surface area contributed by atoms with Gasteiger partial charge in [0.1, 0.15) is 29.2 Å². The number of aromatic nitrogens is 3. The molecule has 0 spiro atoms. The van der Waals surface area contributed by atoms with Crippen molar-refractivity contribution in [2.75, 3.05) is 6.54 Å². The molecule has 0 N–H and O–H groups in total. The first-order valence-electron chi connectivity index (χ1n) is 11.1. The zero-order valence-electron chi connectivity index (χ0n) is 19.6. The van der Waals surface area contributed by atoms with Crippen LogP contribution in [-0.2, 0) is 6.61 Å². The van der Waals surface area contributed by atoms with Gasteiger partial charge in [-0.05, 0) is 67.8 Å². The van der Waals surface area contributed by atoms with Crippen molar-refractivity contribution < 1.29 is 14.1 Å². The van der Waals surface area contributed by atoms with Crippen molar-refractivity contribution >= 4 is 11.8 Å². The molecule has 0 unspecified atom stereocenters. The first kappa shape index (κ1) is 24.4. The van der Waals surface area contributed by atoms with Gasteiger partial charge in [-0.3, -0.25) is 14.7 Å². The van der Waals surface area contributed by atoms with Crippen LogP contribution < -0.4 is 4.74 Å². The fourth-order valence-electron chi connectivity index (χ4n) is 3.71. The van der Waals surface area contributed by atoms with Crippen LogP contribution in [-0.4, -0.2) is 26.2 Å². The van der Waals surface area contributed by atoms with Crippen molar-refractivity contribution in [3.05, 3.63) is 111 Å². The molecule has 0 bridgehead atoms. The number of nitro groups is 1. The number of thioether (sulfide) groups is 1. The second-order valence-electron chi connectivity index (χ2n) is 8.21. The second kappa shape index (κ2) is 10.7. The molecule has 0 aliphatic rings. The van der Waals surface area contributed by atoms with Crippen LogP contribution in [0, 0.1) is 36.7 Å². The maximum atomic E-state index is 13.6. The summed E-state index contributed by atoms with van der Waals surface area (Å²) in [4.78, 5) is 11.3. The normalized spacial score (nSPS) is 11.9. The van der Waals surface area contributed by atoms with Gasteiger partial charge in [-0.2, -0.15) is 0 Å². The Morgan fingerprint density at radius 2 is 1.83 bits per heavy atom. The van der Waals surface area contributed by atoms with E-state index < -0.39 is 5.25 Å². The number of para-hydroxylation sites is 1. The van der Waals surface area contributed by atoms with Crippen molar-refractivity contribution in [2.45, 2.75) is 37.8 Å². The molecule has 3 aromatic carbocycles. The number of halogens is 1. The third kappa shape index (κ3) is 5.86. The van der Waals surface area contributed by atoms with Crippen LogP contribution in [0.3, 0.4) is 0 Å².